The molecule has 0 amide bonds. The largest absolute Gasteiger partial charge is 0.229 e. The third-order valence-corrected chi connectivity index (χ3v) is 5.07. The van der Waals surface area contributed by atoms with Gasteiger partial charge in [0.05, 0.1) is 21.9 Å². The van der Waals surface area contributed by atoms with E-state index in [1.54, 1.807) is 11.3 Å². The van der Waals surface area contributed by atoms with Crippen LogP contribution in [0.1, 0.15) is 0 Å². The van der Waals surface area contributed by atoms with Gasteiger partial charge in [-0.15, -0.1) is 11.3 Å². The number of rotatable bonds is 2. The highest BCUT2D eigenvalue weighted by molar-refractivity contribution is 8.01. The summed E-state index contributed by atoms with van der Waals surface area (Å²) in [5.74, 6) is 0. The first kappa shape index (κ1) is 10.5. The molecule has 0 atom stereocenters. The lowest BCUT2D eigenvalue weighted by Crippen LogP contribution is -1.72. The van der Waals surface area contributed by atoms with Gasteiger partial charge < -0.3 is 0 Å². The van der Waals surface area contributed by atoms with Crippen molar-refractivity contribution in [3.8, 4) is 0 Å². The highest BCUT2D eigenvalue weighted by Crippen LogP contribution is 2.36. The van der Waals surface area contributed by atoms with Gasteiger partial charge in [-0.3, -0.25) is 0 Å². The maximum atomic E-state index is 5.88. The number of aromatic nitrogens is 3. The van der Waals surface area contributed by atoms with Crippen molar-refractivity contribution in [2.75, 3.05) is 0 Å². The topological polar surface area (TPSA) is 38.7 Å². The SMILES string of the molecule is Clc1nsnc1Sc1nc2ccccc2s1. The third kappa shape index (κ3) is 1.93. The zero-order valence-corrected chi connectivity index (χ0v) is 11.0. The van der Waals surface area contributed by atoms with E-state index in [0.717, 1.165) is 26.6 Å². The molecule has 0 aliphatic heterocycles. The molecule has 3 nitrogen and oxygen atoms in total. The first-order valence-corrected chi connectivity index (χ1v) is 7.08. The molecule has 0 aliphatic rings. The van der Waals surface area contributed by atoms with Gasteiger partial charge in [0, 0.05) is 0 Å². The molecule has 0 bridgehead atoms. The quantitative estimate of drug-likeness (QED) is 0.714. The first-order valence-electron chi connectivity index (χ1n) is 4.34. The molecule has 0 unspecified atom stereocenters. The van der Waals surface area contributed by atoms with E-state index < -0.39 is 0 Å². The van der Waals surface area contributed by atoms with Gasteiger partial charge in [-0.05, 0) is 23.9 Å². The van der Waals surface area contributed by atoms with Crippen LogP contribution < -0.4 is 0 Å². The molecule has 16 heavy (non-hydrogen) atoms. The van der Waals surface area contributed by atoms with Gasteiger partial charge in [-0.25, -0.2) is 4.98 Å². The maximum Gasteiger partial charge on any atom is 0.177 e. The molecule has 7 heteroatoms. The van der Waals surface area contributed by atoms with Crippen LogP contribution >= 0.6 is 46.4 Å². The molecule has 0 saturated carbocycles. The van der Waals surface area contributed by atoms with Crippen molar-refractivity contribution in [3.05, 3.63) is 29.4 Å². The summed E-state index contributed by atoms with van der Waals surface area (Å²) in [6, 6.07) is 8.04. The van der Waals surface area contributed by atoms with Gasteiger partial charge in [0.1, 0.15) is 0 Å². The van der Waals surface area contributed by atoms with E-state index in [9.17, 15) is 0 Å². The van der Waals surface area contributed by atoms with Crippen molar-refractivity contribution in [3.63, 3.8) is 0 Å². The second kappa shape index (κ2) is 4.29. The van der Waals surface area contributed by atoms with Crippen LogP contribution in [0.15, 0.2) is 33.6 Å². The Balaban J connectivity index is 1.98. The van der Waals surface area contributed by atoms with Gasteiger partial charge in [-0.1, -0.05) is 23.7 Å². The second-order valence-corrected chi connectivity index (χ2v) is 6.06. The summed E-state index contributed by atoms with van der Waals surface area (Å²) in [5, 5.41) is 1.18. The van der Waals surface area contributed by atoms with Crippen LogP contribution in [-0.4, -0.2) is 13.7 Å². The fourth-order valence-corrected chi connectivity index (χ4v) is 3.98. The Kier molecular flexibility index (Phi) is 2.81. The Morgan fingerprint density at radius 2 is 2.06 bits per heavy atom. The van der Waals surface area contributed by atoms with Gasteiger partial charge in [-0.2, -0.15) is 8.75 Å². The molecule has 3 rings (SSSR count). The molecule has 2 heterocycles. The van der Waals surface area contributed by atoms with E-state index in [1.165, 1.54) is 16.5 Å². The summed E-state index contributed by atoms with van der Waals surface area (Å²) < 4.78 is 10.1. The number of para-hydroxylation sites is 1. The van der Waals surface area contributed by atoms with Crippen molar-refractivity contribution >= 4 is 56.6 Å². The summed E-state index contributed by atoms with van der Waals surface area (Å²) in [5.41, 5.74) is 1.01. The summed E-state index contributed by atoms with van der Waals surface area (Å²) in [7, 11) is 0. The normalized spacial score (nSPS) is 11.1. The fraction of sp³-hybridized carbons (Fsp3) is 0. The third-order valence-electron chi connectivity index (χ3n) is 1.88. The molecule has 2 aromatic heterocycles. The molecule has 0 N–H and O–H groups in total. The average Bonchev–Trinajstić information content (AvgIpc) is 2.85. The van der Waals surface area contributed by atoms with Crippen LogP contribution in [0.3, 0.4) is 0 Å². The molecule has 0 radical (unpaired) electrons. The van der Waals surface area contributed by atoms with Gasteiger partial charge in [0.2, 0.25) is 0 Å². The molecular formula is C9H4ClN3S3. The van der Waals surface area contributed by atoms with Crippen molar-refractivity contribution in [1.29, 1.82) is 0 Å². The first-order chi connectivity index (χ1) is 7.83. The van der Waals surface area contributed by atoms with Gasteiger partial charge >= 0.3 is 0 Å². The molecule has 0 saturated heterocycles. The average molecular weight is 286 g/mol. The Bertz CT molecular complexity index is 601. The summed E-state index contributed by atoms with van der Waals surface area (Å²) in [6.45, 7) is 0. The summed E-state index contributed by atoms with van der Waals surface area (Å²) in [4.78, 5) is 4.49. The Morgan fingerprint density at radius 1 is 1.19 bits per heavy atom. The van der Waals surface area contributed by atoms with Crippen molar-refractivity contribution in [2.45, 2.75) is 9.37 Å². The van der Waals surface area contributed by atoms with E-state index in [4.69, 9.17) is 11.6 Å². The number of hydrogen-bond acceptors (Lipinski definition) is 6. The fourth-order valence-electron chi connectivity index (χ4n) is 1.21. The lowest BCUT2D eigenvalue weighted by atomic mass is 10.3. The molecular weight excluding hydrogens is 282 g/mol. The van der Waals surface area contributed by atoms with Crippen molar-refractivity contribution < 1.29 is 0 Å². The monoisotopic (exact) mass is 285 g/mol. The molecule has 80 valence electrons. The lowest BCUT2D eigenvalue weighted by molar-refractivity contribution is 1.23. The van der Waals surface area contributed by atoms with Crippen LogP contribution in [0.2, 0.25) is 5.15 Å². The number of fused-ring (bicyclic) bond motifs is 1. The van der Waals surface area contributed by atoms with E-state index in [-0.39, 0.29) is 0 Å². The molecule has 0 spiro atoms. The van der Waals surface area contributed by atoms with Crippen LogP contribution in [-0.2, 0) is 0 Å². The number of halogens is 1. The molecule has 3 aromatic rings. The zero-order valence-electron chi connectivity index (χ0n) is 7.75. The predicted molar refractivity (Wildman–Crippen MR) is 68.7 cm³/mol. The highest BCUT2D eigenvalue weighted by atomic mass is 35.5. The Labute approximate surface area is 109 Å². The second-order valence-electron chi connectivity index (χ2n) is 2.91. The van der Waals surface area contributed by atoms with Gasteiger partial charge in [0.25, 0.3) is 0 Å². The van der Waals surface area contributed by atoms with Crippen molar-refractivity contribution in [1.82, 2.24) is 13.7 Å². The summed E-state index contributed by atoms with van der Waals surface area (Å²) in [6.07, 6.45) is 0. The number of thiazole rings is 1. The number of hydrogen-bond donors (Lipinski definition) is 0. The van der Waals surface area contributed by atoms with Crippen molar-refractivity contribution in [2.24, 2.45) is 0 Å². The zero-order chi connectivity index (χ0) is 11.0. The van der Waals surface area contributed by atoms with E-state index in [2.05, 4.69) is 19.8 Å². The Hall–Kier alpha value is -0.690. The minimum atomic E-state index is 0.453. The van der Waals surface area contributed by atoms with Gasteiger partial charge in [0.15, 0.2) is 14.5 Å². The Morgan fingerprint density at radius 3 is 2.81 bits per heavy atom. The standard InChI is InChI=1S/C9H4ClN3S3/c10-7-8(13-16-12-7)15-9-11-5-3-1-2-4-6(5)14-9/h1-4H. The van der Waals surface area contributed by atoms with Crippen LogP contribution in [0.25, 0.3) is 10.2 Å². The molecule has 0 aliphatic carbocycles. The van der Waals surface area contributed by atoms with E-state index >= 15 is 0 Å². The molecule has 1 aromatic carbocycles. The van der Waals surface area contributed by atoms with E-state index in [0.29, 0.717) is 5.15 Å². The minimum absolute atomic E-state index is 0.453. The van der Waals surface area contributed by atoms with Crippen LogP contribution in [0.5, 0.6) is 0 Å². The van der Waals surface area contributed by atoms with Crippen LogP contribution in [0.4, 0.5) is 0 Å². The molecule has 0 fully saturated rings. The maximum absolute atomic E-state index is 5.88. The predicted octanol–water partition coefficient (Wildman–Crippen LogP) is 3.95. The lowest BCUT2D eigenvalue weighted by Gasteiger charge is -1.88. The van der Waals surface area contributed by atoms with Crippen LogP contribution in [0, 0.1) is 0 Å². The minimum Gasteiger partial charge on any atom is -0.229 e. The van der Waals surface area contributed by atoms with E-state index in [1.807, 2.05) is 18.2 Å². The number of benzene rings is 1. The smallest absolute Gasteiger partial charge is 0.177 e. The highest BCUT2D eigenvalue weighted by Gasteiger charge is 2.10. The summed E-state index contributed by atoms with van der Waals surface area (Å²) >= 11 is 10.1. The number of nitrogens with zero attached hydrogens (tertiary/aromatic N) is 3.